The van der Waals surface area contributed by atoms with Crippen LogP contribution in [0.3, 0.4) is 0 Å². The molecule has 0 aromatic heterocycles. The molecule has 0 aliphatic heterocycles. The Kier molecular flexibility index (Phi) is 5.15. The summed E-state index contributed by atoms with van der Waals surface area (Å²) in [4.78, 5) is 22.0. The highest BCUT2D eigenvalue weighted by molar-refractivity contribution is 5.95. The Bertz CT molecular complexity index is 531. The van der Waals surface area contributed by atoms with Gasteiger partial charge in [0.1, 0.15) is 5.82 Å². The van der Waals surface area contributed by atoms with Crippen molar-refractivity contribution in [1.29, 1.82) is 0 Å². The maximum atomic E-state index is 13.9. The van der Waals surface area contributed by atoms with Crippen LogP contribution in [0, 0.1) is 28.8 Å². The first-order valence-electron chi connectivity index (χ1n) is 6.14. The van der Waals surface area contributed by atoms with E-state index in [1.54, 1.807) is 13.8 Å². The number of hydrogen-bond donors (Lipinski definition) is 2. The number of aliphatic hydroxyl groups is 1. The third-order valence-electron chi connectivity index (χ3n) is 3.01. The number of amides is 1. The van der Waals surface area contributed by atoms with Crippen molar-refractivity contribution in [2.24, 2.45) is 5.92 Å². The number of nitro benzene ring substituents is 1. The van der Waals surface area contributed by atoms with Crippen LogP contribution in [0.1, 0.15) is 29.8 Å². The molecule has 0 unspecified atom stereocenters. The number of hydrogen-bond acceptors (Lipinski definition) is 4. The third-order valence-corrected chi connectivity index (χ3v) is 3.01. The Hall–Kier alpha value is -2.02. The minimum atomic E-state index is -0.798. The molecule has 0 radical (unpaired) electrons. The number of aliphatic hydroxyl groups excluding tert-OH is 1. The summed E-state index contributed by atoms with van der Waals surface area (Å²) >= 11 is 0. The Morgan fingerprint density at radius 1 is 1.50 bits per heavy atom. The summed E-state index contributed by atoms with van der Waals surface area (Å²) in [5.74, 6) is -1.62. The van der Waals surface area contributed by atoms with Gasteiger partial charge >= 0.3 is 0 Å². The van der Waals surface area contributed by atoms with Gasteiger partial charge in [-0.1, -0.05) is 13.8 Å². The van der Waals surface area contributed by atoms with Crippen molar-refractivity contribution < 1.29 is 19.2 Å². The fourth-order valence-corrected chi connectivity index (χ4v) is 1.69. The number of nitro groups is 1. The largest absolute Gasteiger partial charge is 0.394 e. The molecule has 0 heterocycles. The van der Waals surface area contributed by atoms with Crippen molar-refractivity contribution >= 4 is 11.6 Å². The van der Waals surface area contributed by atoms with Gasteiger partial charge in [0.25, 0.3) is 11.6 Å². The topological polar surface area (TPSA) is 92.5 Å². The normalized spacial score (nSPS) is 12.3. The summed E-state index contributed by atoms with van der Waals surface area (Å²) in [6, 6.07) is 1.42. The van der Waals surface area contributed by atoms with Crippen LogP contribution in [0.2, 0.25) is 0 Å². The van der Waals surface area contributed by atoms with Crippen LogP contribution in [-0.4, -0.2) is 28.6 Å². The number of carbonyl (C=O) groups excluding carboxylic acids is 1. The molecule has 1 atom stereocenters. The highest BCUT2D eigenvalue weighted by Crippen LogP contribution is 2.21. The number of halogens is 1. The summed E-state index contributed by atoms with van der Waals surface area (Å²) in [6.45, 7) is 4.64. The van der Waals surface area contributed by atoms with Crippen molar-refractivity contribution in [3.63, 3.8) is 0 Å². The quantitative estimate of drug-likeness (QED) is 0.637. The highest BCUT2D eigenvalue weighted by Gasteiger charge is 2.22. The van der Waals surface area contributed by atoms with Crippen LogP contribution >= 0.6 is 0 Å². The Morgan fingerprint density at radius 3 is 2.55 bits per heavy atom. The zero-order chi connectivity index (χ0) is 15.4. The van der Waals surface area contributed by atoms with E-state index in [9.17, 15) is 19.3 Å². The summed E-state index contributed by atoms with van der Waals surface area (Å²) in [5, 5.41) is 22.3. The van der Waals surface area contributed by atoms with E-state index >= 15 is 0 Å². The van der Waals surface area contributed by atoms with Gasteiger partial charge in [-0.15, -0.1) is 0 Å². The Labute approximate surface area is 115 Å². The highest BCUT2D eigenvalue weighted by atomic mass is 19.1. The van der Waals surface area contributed by atoms with E-state index in [0.717, 1.165) is 12.1 Å². The molecule has 0 bridgehead atoms. The standard InChI is InChI=1S/C13H17FN2O4/c1-7(2)11(6-17)15-13(18)10-5-9(16(19)20)4-8(3)12(10)14/h4-5,7,11,17H,6H2,1-3H3,(H,15,18)/t11-/m1/s1. The first-order chi connectivity index (χ1) is 9.27. The molecular weight excluding hydrogens is 267 g/mol. The monoisotopic (exact) mass is 284 g/mol. The summed E-state index contributed by atoms with van der Waals surface area (Å²) in [5.41, 5.74) is -0.718. The van der Waals surface area contributed by atoms with Gasteiger partial charge in [0.2, 0.25) is 0 Å². The Morgan fingerprint density at radius 2 is 2.10 bits per heavy atom. The fraction of sp³-hybridized carbons (Fsp3) is 0.462. The van der Waals surface area contributed by atoms with Gasteiger partial charge in [-0.05, 0) is 18.4 Å². The predicted octanol–water partition coefficient (Wildman–Crippen LogP) is 1.79. The number of nitrogens with zero attached hydrogens (tertiary/aromatic N) is 1. The average Bonchev–Trinajstić information content (AvgIpc) is 2.37. The van der Waals surface area contributed by atoms with Gasteiger partial charge in [0.05, 0.1) is 23.1 Å². The third kappa shape index (κ3) is 3.51. The molecule has 7 heteroatoms. The van der Waals surface area contributed by atoms with Crippen molar-refractivity contribution in [1.82, 2.24) is 5.32 Å². The first-order valence-corrected chi connectivity index (χ1v) is 6.14. The SMILES string of the molecule is Cc1cc([N+](=O)[O-])cc(C(=O)N[C@H](CO)C(C)C)c1F. The lowest BCUT2D eigenvalue weighted by molar-refractivity contribution is -0.385. The minimum Gasteiger partial charge on any atom is -0.394 e. The maximum absolute atomic E-state index is 13.9. The van der Waals surface area contributed by atoms with Crippen molar-refractivity contribution in [2.45, 2.75) is 26.8 Å². The van der Waals surface area contributed by atoms with Gasteiger partial charge in [0.15, 0.2) is 0 Å². The predicted molar refractivity (Wildman–Crippen MR) is 71.0 cm³/mol. The molecule has 1 rings (SSSR count). The minimum absolute atomic E-state index is 0.0226. The molecule has 2 N–H and O–H groups in total. The number of rotatable bonds is 5. The van der Waals surface area contributed by atoms with Gasteiger partial charge in [-0.3, -0.25) is 14.9 Å². The van der Waals surface area contributed by atoms with E-state index in [-0.39, 0.29) is 23.8 Å². The van der Waals surface area contributed by atoms with E-state index < -0.39 is 28.3 Å². The second-order valence-electron chi connectivity index (χ2n) is 4.89. The second kappa shape index (κ2) is 6.42. The molecule has 6 nitrogen and oxygen atoms in total. The summed E-state index contributed by atoms with van der Waals surface area (Å²) in [6.07, 6.45) is 0. The number of benzene rings is 1. The fourth-order valence-electron chi connectivity index (χ4n) is 1.69. The van der Waals surface area contributed by atoms with E-state index in [0.29, 0.717) is 0 Å². The summed E-state index contributed by atoms with van der Waals surface area (Å²) in [7, 11) is 0. The van der Waals surface area contributed by atoms with Gasteiger partial charge in [-0.25, -0.2) is 4.39 Å². The number of nitrogens with one attached hydrogen (secondary N) is 1. The van der Waals surface area contributed by atoms with Crippen LogP contribution in [0.15, 0.2) is 12.1 Å². The Balaban J connectivity index is 3.12. The maximum Gasteiger partial charge on any atom is 0.270 e. The van der Waals surface area contributed by atoms with Gasteiger partial charge in [-0.2, -0.15) is 0 Å². The van der Waals surface area contributed by atoms with E-state index in [2.05, 4.69) is 5.32 Å². The molecule has 0 spiro atoms. The molecule has 110 valence electrons. The zero-order valence-electron chi connectivity index (χ0n) is 11.5. The molecule has 20 heavy (non-hydrogen) atoms. The molecule has 0 aliphatic rings. The molecule has 0 saturated heterocycles. The zero-order valence-corrected chi connectivity index (χ0v) is 11.5. The van der Waals surface area contributed by atoms with E-state index in [4.69, 9.17) is 5.11 Å². The van der Waals surface area contributed by atoms with Gasteiger partial charge in [0, 0.05) is 12.1 Å². The number of carbonyl (C=O) groups is 1. The molecule has 0 saturated carbocycles. The first kappa shape index (κ1) is 16.0. The van der Waals surface area contributed by atoms with Crippen LogP contribution in [0.4, 0.5) is 10.1 Å². The van der Waals surface area contributed by atoms with Gasteiger partial charge < -0.3 is 10.4 Å². The lowest BCUT2D eigenvalue weighted by atomic mass is 10.0. The lowest BCUT2D eigenvalue weighted by Gasteiger charge is -2.20. The molecule has 1 aromatic rings. The van der Waals surface area contributed by atoms with Crippen LogP contribution < -0.4 is 5.32 Å². The number of non-ortho nitro benzene ring substituents is 1. The molecule has 0 aliphatic carbocycles. The molecule has 1 amide bonds. The van der Waals surface area contributed by atoms with Crippen molar-refractivity contribution in [3.8, 4) is 0 Å². The smallest absolute Gasteiger partial charge is 0.270 e. The molecule has 0 fully saturated rings. The second-order valence-corrected chi connectivity index (χ2v) is 4.89. The average molecular weight is 284 g/mol. The van der Waals surface area contributed by atoms with Crippen LogP contribution in [0.5, 0.6) is 0 Å². The van der Waals surface area contributed by atoms with Crippen LogP contribution in [-0.2, 0) is 0 Å². The van der Waals surface area contributed by atoms with Crippen molar-refractivity contribution in [3.05, 3.63) is 39.2 Å². The molecular formula is C13H17FN2O4. The number of aryl methyl sites for hydroxylation is 1. The molecule has 1 aromatic carbocycles. The lowest BCUT2D eigenvalue weighted by Crippen LogP contribution is -2.41. The van der Waals surface area contributed by atoms with E-state index in [1.165, 1.54) is 6.92 Å². The van der Waals surface area contributed by atoms with E-state index in [1.807, 2.05) is 0 Å². The summed E-state index contributed by atoms with van der Waals surface area (Å²) < 4.78 is 13.9. The van der Waals surface area contributed by atoms with Crippen LogP contribution in [0.25, 0.3) is 0 Å². The van der Waals surface area contributed by atoms with Crippen molar-refractivity contribution in [2.75, 3.05) is 6.61 Å².